The van der Waals surface area contributed by atoms with E-state index < -0.39 is 91.5 Å². The molecular formula is C63H108O16P2. The molecule has 4 N–H and O–H groups in total. The molecule has 0 aliphatic carbocycles. The highest BCUT2D eigenvalue weighted by molar-refractivity contribution is 7.47. The van der Waals surface area contributed by atoms with Gasteiger partial charge in [0.1, 0.15) is 25.4 Å². The van der Waals surface area contributed by atoms with Crippen molar-refractivity contribution in [1.29, 1.82) is 0 Å². The van der Waals surface area contributed by atoms with Gasteiger partial charge in [-0.1, -0.05) is 195 Å². The molecule has 18 heteroatoms. The number of aliphatic hydroxyl groups excluding tert-OH is 2. The Morgan fingerprint density at radius 1 is 0.358 bits per heavy atom. The van der Waals surface area contributed by atoms with Crippen LogP contribution in [0.1, 0.15) is 226 Å². The summed E-state index contributed by atoms with van der Waals surface area (Å²) >= 11 is 0. The third-order valence-electron chi connectivity index (χ3n) is 12.3. The number of carbonyl (C=O) groups excluding carboxylic acids is 3. The first-order valence-corrected chi connectivity index (χ1v) is 33.5. The Hall–Kier alpha value is -3.53. The maximum absolute atomic E-state index is 12.8. The van der Waals surface area contributed by atoms with Crippen molar-refractivity contribution in [1.82, 2.24) is 0 Å². The van der Waals surface area contributed by atoms with Crippen molar-refractivity contribution in [2.45, 2.75) is 245 Å². The minimum absolute atomic E-state index is 0.0587. The van der Waals surface area contributed by atoms with Gasteiger partial charge in [-0.15, -0.1) is 0 Å². The summed E-state index contributed by atoms with van der Waals surface area (Å²) in [6.07, 6.45) is 59.2. The number of rotatable bonds is 57. The van der Waals surface area contributed by atoms with Crippen molar-refractivity contribution in [2.24, 2.45) is 0 Å². The van der Waals surface area contributed by atoms with E-state index in [1.807, 2.05) is 18.2 Å². The van der Waals surface area contributed by atoms with Gasteiger partial charge in [-0.3, -0.25) is 32.5 Å². The molecule has 0 spiro atoms. The van der Waals surface area contributed by atoms with E-state index in [1.54, 1.807) is 0 Å². The smallest absolute Gasteiger partial charge is 0.463 e. The monoisotopic (exact) mass is 1180 g/mol. The minimum atomic E-state index is -4.92. The van der Waals surface area contributed by atoms with Crippen LogP contribution in [0.2, 0.25) is 0 Å². The molecule has 81 heavy (non-hydrogen) atoms. The Labute approximate surface area is 488 Å². The van der Waals surface area contributed by atoms with Crippen molar-refractivity contribution in [3.63, 3.8) is 0 Å². The maximum Gasteiger partial charge on any atom is 0.472 e. The summed E-state index contributed by atoms with van der Waals surface area (Å²) in [4.78, 5) is 58.0. The largest absolute Gasteiger partial charge is 0.472 e. The fourth-order valence-corrected chi connectivity index (χ4v) is 9.17. The van der Waals surface area contributed by atoms with Crippen molar-refractivity contribution < 1.29 is 75.8 Å². The van der Waals surface area contributed by atoms with E-state index in [4.69, 9.17) is 32.3 Å². The molecule has 5 atom stereocenters. The molecule has 0 saturated carbocycles. The summed E-state index contributed by atoms with van der Waals surface area (Å²) in [6, 6.07) is 0. The van der Waals surface area contributed by atoms with Gasteiger partial charge >= 0.3 is 33.6 Å². The topological polar surface area (TPSA) is 231 Å². The van der Waals surface area contributed by atoms with Gasteiger partial charge in [-0.2, -0.15) is 0 Å². The third kappa shape index (κ3) is 58.1. The predicted octanol–water partition coefficient (Wildman–Crippen LogP) is 16.0. The van der Waals surface area contributed by atoms with Crippen molar-refractivity contribution in [3.05, 3.63) is 97.2 Å². The van der Waals surface area contributed by atoms with Crippen molar-refractivity contribution in [3.8, 4) is 0 Å². The summed E-state index contributed by atoms with van der Waals surface area (Å²) in [7, 11) is -9.78. The van der Waals surface area contributed by atoms with Gasteiger partial charge < -0.3 is 34.2 Å². The molecule has 0 aromatic carbocycles. The molecule has 0 radical (unpaired) electrons. The second kappa shape index (κ2) is 56.9. The van der Waals surface area contributed by atoms with Gasteiger partial charge in [0.15, 0.2) is 6.10 Å². The summed E-state index contributed by atoms with van der Waals surface area (Å²) in [5.41, 5.74) is 0. The first-order chi connectivity index (χ1) is 39.2. The number of carbonyl (C=O) groups is 3. The van der Waals surface area contributed by atoms with Gasteiger partial charge in [-0.05, 0) is 109 Å². The van der Waals surface area contributed by atoms with E-state index in [-0.39, 0.29) is 19.3 Å². The summed E-state index contributed by atoms with van der Waals surface area (Å²) in [6.45, 7) is 2.38. The third-order valence-corrected chi connectivity index (χ3v) is 14.2. The van der Waals surface area contributed by atoms with Crippen LogP contribution in [-0.4, -0.2) is 95.9 Å². The molecule has 0 saturated heterocycles. The molecule has 0 aromatic rings. The first-order valence-electron chi connectivity index (χ1n) is 30.5. The number of unbranched alkanes of at least 4 members (excludes halogenated alkanes) is 18. The zero-order chi connectivity index (χ0) is 59.6. The fourth-order valence-electron chi connectivity index (χ4n) is 7.58. The molecule has 0 aliphatic rings. The van der Waals surface area contributed by atoms with Gasteiger partial charge in [0, 0.05) is 19.3 Å². The Kier molecular flexibility index (Phi) is 54.4. The van der Waals surface area contributed by atoms with Gasteiger partial charge in [-0.25, -0.2) is 9.13 Å². The molecule has 0 amide bonds. The van der Waals surface area contributed by atoms with E-state index >= 15 is 0 Å². The lowest BCUT2D eigenvalue weighted by molar-refractivity contribution is -0.161. The molecule has 0 bridgehead atoms. The van der Waals surface area contributed by atoms with Crippen LogP contribution in [0.5, 0.6) is 0 Å². The van der Waals surface area contributed by atoms with E-state index in [0.717, 1.165) is 109 Å². The molecule has 0 aromatic heterocycles. The molecule has 0 fully saturated rings. The second-order valence-corrected chi connectivity index (χ2v) is 23.0. The number of ether oxygens (including phenoxy) is 3. The highest BCUT2D eigenvalue weighted by atomic mass is 31.2. The molecule has 5 unspecified atom stereocenters. The number of hydrogen-bond acceptors (Lipinski definition) is 14. The van der Waals surface area contributed by atoms with Crippen LogP contribution in [0, 0.1) is 0 Å². The van der Waals surface area contributed by atoms with E-state index in [9.17, 15) is 43.5 Å². The van der Waals surface area contributed by atoms with Gasteiger partial charge in [0.25, 0.3) is 0 Å². The number of esters is 3. The SMILES string of the molecule is CC/C=C\C/C=C\C/C=C\C/C=C\C/C=C\C/C=C\CCC(=O)OCC(O)COP(=O)(O)OCC(O)COP(=O)(O)OCC(COC(=O)CCCCCCC/C=C\CCCCCC)OC(=O)CCCCCCC/C=C\CCCCCC. The lowest BCUT2D eigenvalue weighted by atomic mass is 10.1. The zero-order valence-corrected chi connectivity index (χ0v) is 51.7. The summed E-state index contributed by atoms with van der Waals surface area (Å²) < 4.78 is 60.5. The van der Waals surface area contributed by atoms with Crippen LogP contribution in [0.25, 0.3) is 0 Å². The minimum Gasteiger partial charge on any atom is -0.463 e. The highest BCUT2D eigenvalue weighted by Crippen LogP contribution is 2.45. The molecular weight excluding hydrogens is 1070 g/mol. The number of phosphoric ester groups is 2. The average Bonchev–Trinajstić information content (AvgIpc) is 3.45. The summed E-state index contributed by atoms with van der Waals surface area (Å²) in [5.74, 6) is -1.68. The van der Waals surface area contributed by atoms with Crippen LogP contribution in [0.4, 0.5) is 0 Å². The summed E-state index contributed by atoms with van der Waals surface area (Å²) in [5, 5.41) is 20.4. The molecule has 16 nitrogen and oxygen atoms in total. The Balaban J connectivity index is 4.71. The van der Waals surface area contributed by atoms with Crippen LogP contribution < -0.4 is 0 Å². The van der Waals surface area contributed by atoms with Crippen LogP contribution in [0.3, 0.4) is 0 Å². The second-order valence-electron chi connectivity index (χ2n) is 20.1. The molecule has 0 aliphatic heterocycles. The number of allylic oxidation sites excluding steroid dienone is 16. The first kappa shape index (κ1) is 77.5. The Bertz CT molecular complexity index is 1870. The van der Waals surface area contributed by atoms with Gasteiger partial charge in [0.2, 0.25) is 0 Å². The lowest BCUT2D eigenvalue weighted by Gasteiger charge is -2.21. The fraction of sp³-hybridized carbons (Fsp3) is 0.698. The van der Waals surface area contributed by atoms with E-state index in [1.165, 1.54) is 51.4 Å². The number of phosphoric acid groups is 2. The van der Waals surface area contributed by atoms with Gasteiger partial charge in [0.05, 0.1) is 26.4 Å². The standard InChI is InChI=1S/C63H108O16P2/c1-4-7-10-13-16-19-22-25-26-27-28-29-30-33-35-37-40-43-46-49-61(66)73-52-58(64)53-75-80(69,70)76-54-59(65)55-77-81(71,72)78-57-60(79-63(68)51-48-45-42-39-36-32-24-21-18-15-12-9-6-3)56-74-62(67)50-47-44-41-38-34-31-23-20-17-14-11-8-5-2/h7,10,16,19-21,23-26,28-29,33,35,40,43,58-60,64-65H,4-6,8-9,11-15,17-18,22,27,30-32,34,36-39,41-42,44-57H2,1-3H3,(H,69,70)(H,71,72)/b10-7-,19-16-,23-20-,24-21-,26-25-,29-28-,35-33-,43-40-. The molecule has 0 rings (SSSR count). The lowest BCUT2D eigenvalue weighted by Crippen LogP contribution is -2.30. The molecule has 466 valence electrons. The van der Waals surface area contributed by atoms with Crippen molar-refractivity contribution in [2.75, 3.05) is 39.6 Å². The van der Waals surface area contributed by atoms with Crippen LogP contribution in [-0.2, 0) is 55.8 Å². The van der Waals surface area contributed by atoms with Crippen LogP contribution in [0.15, 0.2) is 97.2 Å². The Morgan fingerprint density at radius 3 is 1.11 bits per heavy atom. The van der Waals surface area contributed by atoms with E-state index in [2.05, 4.69) is 99.8 Å². The average molecular weight is 1180 g/mol. The normalized spacial score (nSPS) is 15.1. The van der Waals surface area contributed by atoms with Crippen LogP contribution >= 0.6 is 15.6 Å². The van der Waals surface area contributed by atoms with Crippen molar-refractivity contribution >= 4 is 33.6 Å². The Morgan fingerprint density at radius 2 is 0.679 bits per heavy atom. The number of hydrogen-bond donors (Lipinski definition) is 4. The predicted molar refractivity (Wildman–Crippen MR) is 325 cm³/mol. The number of aliphatic hydroxyl groups is 2. The quantitative estimate of drug-likeness (QED) is 0.0146. The highest BCUT2D eigenvalue weighted by Gasteiger charge is 2.29. The molecule has 0 heterocycles. The van der Waals surface area contributed by atoms with E-state index in [0.29, 0.717) is 25.7 Å². The zero-order valence-electron chi connectivity index (χ0n) is 49.9. The maximum atomic E-state index is 12.8.